The Labute approximate surface area is 95.4 Å². The SMILES string of the molecule is CCN(CCNCCCC(C)C)C1CC1. The maximum atomic E-state index is 3.55. The lowest BCUT2D eigenvalue weighted by Crippen LogP contribution is -2.34. The standard InChI is InChI=1S/C13H28N2/c1-4-15(13-7-8-13)11-10-14-9-5-6-12(2)3/h12-14H,4-11H2,1-3H3. The minimum atomic E-state index is 0.852. The van der Waals surface area contributed by atoms with Gasteiger partial charge in [-0.1, -0.05) is 20.8 Å². The third-order valence-corrected chi connectivity index (χ3v) is 3.18. The zero-order valence-electron chi connectivity index (χ0n) is 10.8. The quantitative estimate of drug-likeness (QED) is 0.591. The number of nitrogens with zero attached hydrogens (tertiary/aromatic N) is 1. The molecule has 1 aliphatic rings. The van der Waals surface area contributed by atoms with Gasteiger partial charge in [-0.05, 0) is 44.7 Å². The smallest absolute Gasteiger partial charge is 0.0110 e. The average molecular weight is 212 g/mol. The first-order valence-corrected chi connectivity index (χ1v) is 6.68. The summed E-state index contributed by atoms with van der Waals surface area (Å²) < 4.78 is 0. The van der Waals surface area contributed by atoms with Crippen LogP contribution >= 0.6 is 0 Å². The molecular weight excluding hydrogens is 184 g/mol. The van der Waals surface area contributed by atoms with E-state index < -0.39 is 0 Å². The third-order valence-electron chi connectivity index (χ3n) is 3.18. The third kappa shape index (κ3) is 6.16. The van der Waals surface area contributed by atoms with E-state index in [1.54, 1.807) is 0 Å². The van der Waals surface area contributed by atoms with Gasteiger partial charge in [-0.2, -0.15) is 0 Å². The lowest BCUT2D eigenvalue weighted by Gasteiger charge is -2.19. The van der Waals surface area contributed by atoms with E-state index in [0.717, 1.165) is 12.0 Å². The molecule has 2 nitrogen and oxygen atoms in total. The monoisotopic (exact) mass is 212 g/mol. The number of hydrogen-bond acceptors (Lipinski definition) is 2. The van der Waals surface area contributed by atoms with E-state index in [2.05, 4.69) is 31.0 Å². The summed E-state index contributed by atoms with van der Waals surface area (Å²) in [5, 5.41) is 3.55. The van der Waals surface area contributed by atoms with E-state index in [0.29, 0.717) is 0 Å². The number of rotatable bonds is 9. The van der Waals surface area contributed by atoms with Crippen LogP contribution < -0.4 is 5.32 Å². The van der Waals surface area contributed by atoms with Crippen molar-refractivity contribution in [2.75, 3.05) is 26.2 Å². The van der Waals surface area contributed by atoms with Gasteiger partial charge in [-0.3, -0.25) is 4.90 Å². The van der Waals surface area contributed by atoms with E-state index in [1.165, 1.54) is 51.9 Å². The van der Waals surface area contributed by atoms with Crippen LogP contribution in [0.2, 0.25) is 0 Å². The van der Waals surface area contributed by atoms with Crippen molar-refractivity contribution in [1.82, 2.24) is 10.2 Å². The molecule has 2 heteroatoms. The van der Waals surface area contributed by atoms with Crippen molar-refractivity contribution in [1.29, 1.82) is 0 Å². The lowest BCUT2D eigenvalue weighted by molar-refractivity contribution is 0.276. The Balaban J connectivity index is 1.87. The molecule has 90 valence electrons. The van der Waals surface area contributed by atoms with Crippen LogP contribution in [0.25, 0.3) is 0 Å². The summed E-state index contributed by atoms with van der Waals surface area (Å²) in [7, 11) is 0. The van der Waals surface area contributed by atoms with Crippen LogP contribution in [0, 0.1) is 5.92 Å². The predicted molar refractivity (Wildman–Crippen MR) is 67.2 cm³/mol. The van der Waals surface area contributed by atoms with Crippen molar-refractivity contribution in [3.8, 4) is 0 Å². The maximum absolute atomic E-state index is 3.55. The molecule has 0 aromatic heterocycles. The van der Waals surface area contributed by atoms with Gasteiger partial charge in [0, 0.05) is 19.1 Å². The van der Waals surface area contributed by atoms with E-state index in [-0.39, 0.29) is 0 Å². The first kappa shape index (κ1) is 13.0. The molecule has 0 radical (unpaired) electrons. The summed E-state index contributed by atoms with van der Waals surface area (Å²) in [6.07, 6.45) is 5.54. The molecule has 0 bridgehead atoms. The van der Waals surface area contributed by atoms with E-state index in [9.17, 15) is 0 Å². The van der Waals surface area contributed by atoms with Gasteiger partial charge in [0.25, 0.3) is 0 Å². The Hall–Kier alpha value is -0.0800. The summed E-state index contributed by atoms with van der Waals surface area (Å²) in [4.78, 5) is 2.61. The number of hydrogen-bond donors (Lipinski definition) is 1. The van der Waals surface area contributed by atoms with Gasteiger partial charge in [0.2, 0.25) is 0 Å². The molecule has 0 atom stereocenters. The van der Waals surface area contributed by atoms with Crippen LogP contribution in [0.1, 0.15) is 46.5 Å². The molecule has 15 heavy (non-hydrogen) atoms. The van der Waals surface area contributed by atoms with Crippen LogP contribution in [-0.4, -0.2) is 37.1 Å². The fraction of sp³-hybridized carbons (Fsp3) is 1.00. The van der Waals surface area contributed by atoms with Gasteiger partial charge in [-0.15, -0.1) is 0 Å². The fourth-order valence-electron chi connectivity index (χ4n) is 2.02. The second-order valence-electron chi connectivity index (χ2n) is 5.15. The molecule has 1 saturated carbocycles. The van der Waals surface area contributed by atoms with Crippen LogP contribution in [0.3, 0.4) is 0 Å². The van der Waals surface area contributed by atoms with Crippen molar-refractivity contribution >= 4 is 0 Å². The normalized spacial score (nSPS) is 16.6. The van der Waals surface area contributed by atoms with Crippen LogP contribution in [0.5, 0.6) is 0 Å². The summed E-state index contributed by atoms with van der Waals surface area (Å²) in [5.41, 5.74) is 0. The van der Waals surface area contributed by atoms with Crippen molar-refractivity contribution in [2.24, 2.45) is 5.92 Å². The minimum absolute atomic E-state index is 0.852. The molecule has 0 spiro atoms. The number of nitrogens with one attached hydrogen (secondary N) is 1. The molecule has 1 aliphatic carbocycles. The van der Waals surface area contributed by atoms with Gasteiger partial charge in [0.05, 0.1) is 0 Å². The molecule has 1 fully saturated rings. The fourth-order valence-corrected chi connectivity index (χ4v) is 2.02. The van der Waals surface area contributed by atoms with Gasteiger partial charge in [0.1, 0.15) is 0 Å². The second kappa shape index (κ2) is 7.24. The Morgan fingerprint density at radius 1 is 1.27 bits per heavy atom. The van der Waals surface area contributed by atoms with Crippen molar-refractivity contribution < 1.29 is 0 Å². The van der Waals surface area contributed by atoms with E-state index in [1.807, 2.05) is 0 Å². The summed E-state index contributed by atoms with van der Waals surface area (Å²) in [6.45, 7) is 11.7. The Bertz CT molecular complexity index is 153. The first-order valence-electron chi connectivity index (χ1n) is 6.68. The highest BCUT2D eigenvalue weighted by Gasteiger charge is 2.26. The Morgan fingerprint density at radius 3 is 2.53 bits per heavy atom. The first-order chi connectivity index (χ1) is 7.24. The molecule has 0 aromatic carbocycles. The van der Waals surface area contributed by atoms with Gasteiger partial charge >= 0.3 is 0 Å². The second-order valence-corrected chi connectivity index (χ2v) is 5.15. The summed E-state index contributed by atoms with van der Waals surface area (Å²) in [6, 6.07) is 0.924. The van der Waals surface area contributed by atoms with Crippen molar-refractivity contribution in [2.45, 2.75) is 52.5 Å². The summed E-state index contributed by atoms with van der Waals surface area (Å²) >= 11 is 0. The largest absolute Gasteiger partial charge is 0.315 e. The molecule has 0 heterocycles. The predicted octanol–water partition coefficient (Wildman–Crippen LogP) is 2.50. The van der Waals surface area contributed by atoms with Gasteiger partial charge in [0.15, 0.2) is 0 Å². The highest BCUT2D eigenvalue weighted by atomic mass is 15.2. The Morgan fingerprint density at radius 2 is 2.00 bits per heavy atom. The topological polar surface area (TPSA) is 15.3 Å². The van der Waals surface area contributed by atoms with Crippen LogP contribution in [0.4, 0.5) is 0 Å². The van der Waals surface area contributed by atoms with Crippen molar-refractivity contribution in [3.63, 3.8) is 0 Å². The minimum Gasteiger partial charge on any atom is -0.315 e. The average Bonchev–Trinajstić information content (AvgIpc) is 3.00. The summed E-state index contributed by atoms with van der Waals surface area (Å²) in [5.74, 6) is 0.852. The van der Waals surface area contributed by atoms with E-state index in [4.69, 9.17) is 0 Å². The zero-order valence-corrected chi connectivity index (χ0v) is 10.8. The molecule has 0 saturated heterocycles. The molecule has 0 aromatic rings. The molecule has 1 rings (SSSR count). The highest BCUT2D eigenvalue weighted by molar-refractivity contribution is 4.83. The maximum Gasteiger partial charge on any atom is 0.0110 e. The molecule has 1 N–H and O–H groups in total. The molecule has 0 aliphatic heterocycles. The molecule has 0 amide bonds. The lowest BCUT2D eigenvalue weighted by atomic mass is 10.1. The number of likely N-dealkylation sites (N-methyl/N-ethyl adjacent to an activating group) is 1. The van der Waals surface area contributed by atoms with Gasteiger partial charge < -0.3 is 5.32 Å². The van der Waals surface area contributed by atoms with Crippen LogP contribution in [0.15, 0.2) is 0 Å². The zero-order chi connectivity index (χ0) is 11.1. The molecule has 0 unspecified atom stereocenters. The highest BCUT2D eigenvalue weighted by Crippen LogP contribution is 2.25. The van der Waals surface area contributed by atoms with Crippen molar-refractivity contribution in [3.05, 3.63) is 0 Å². The van der Waals surface area contributed by atoms with Gasteiger partial charge in [-0.25, -0.2) is 0 Å². The Kier molecular flexibility index (Phi) is 6.26. The molecular formula is C13H28N2. The van der Waals surface area contributed by atoms with E-state index >= 15 is 0 Å². The van der Waals surface area contributed by atoms with Crippen LogP contribution in [-0.2, 0) is 0 Å².